The number of carbonyl (C=O) groups is 1. The molecule has 1 fully saturated rings. The zero-order valence-corrected chi connectivity index (χ0v) is 16.9. The van der Waals surface area contributed by atoms with E-state index in [1.54, 1.807) is 16.3 Å². The first-order valence-electron chi connectivity index (χ1n) is 9.78. The normalized spacial score (nSPS) is 16.8. The Hall–Kier alpha value is -3.14. The third kappa shape index (κ3) is 3.75. The molecule has 3 N–H and O–H groups in total. The van der Waals surface area contributed by atoms with E-state index in [4.69, 9.17) is 4.98 Å². The lowest BCUT2D eigenvalue weighted by Gasteiger charge is -2.37. The van der Waals surface area contributed by atoms with E-state index in [2.05, 4.69) is 20.6 Å². The van der Waals surface area contributed by atoms with Crippen LogP contribution in [0.15, 0.2) is 24.4 Å². The highest BCUT2D eigenvalue weighted by Gasteiger charge is 2.34. The first-order valence-corrected chi connectivity index (χ1v) is 9.78. The molecule has 1 saturated heterocycles. The summed E-state index contributed by atoms with van der Waals surface area (Å²) < 4.78 is 1.78. The van der Waals surface area contributed by atoms with E-state index in [-0.39, 0.29) is 5.91 Å². The van der Waals surface area contributed by atoms with Crippen LogP contribution < -0.4 is 10.2 Å². The molecule has 0 aliphatic carbocycles. The minimum Gasteiger partial charge on any atom is -0.380 e. The summed E-state index contributed by atoms with van der Waals surface area (Å²) in [7, 11) is 0. The molecule has 1 aliphatic heterocycles. The molecule has 1 unspecified atom stereocenters. The number of nitrogens with zero attached hydrogens (tertiary/aromatic N) is 6. The van der Waals surface area contributed by atoms with Crippen LogP contribution in [0, 0.1) is 6.92 Å². The number of carbonyl (C=O) groups excluding carboxylic acids is 1. The second kappa shape index (κ2) is 7.36. The van der Waals surface area contributed by atoms with Gasteiger partial charge in [-0.05, 0) is 32.4 Å². The van der Waals surface area contributed by atoms with Gasteiger partial charge in [0.15, 0.2) is 11.6 Å². The van der Waals surface area contributed by atoms with Gasteiger partial charge in [0, 0.05) is 44.1 Å². The maximum atomic E-state index is 12.5. The van der Waals surface area contributed by atoms with Crippen molar-refractivity contribution in [3.8, 4) is 0 Å². The molecule has 1 aliphatic rings. The SMILES string of the molecule is CCC(C)(O)C(=O)N1CCN(c2nc(Nc3cc(C)[nH]n3)c3cccn3n2)CC1. The van der Waals surface area contributed by atoms with Crippen LogP contribution >= 0.6 is 0 Å². The summed E-state index contributed by atoms with van der Waals surface area (Å²) in [4.78, 5) is 21.0. The highest BCUT2D eigenvalue weighted by Crippen LogP contribution is 2.23. The molecule has 10 nitrogen and oxygen atoms in total. The van der Waals surface area contributed by atoms with Gasteiger partial charge in [-0.15, -0.1) is 5.10 Å². The van der Waals surface area contributed by atoms with E-state index in [1.807, 2.05) is 43.1 Å². The Bertz CT molecular complexity index is 1020. The molecule has 154 valence electrons. The van der Waals surface area contributed by atoms with Gasteiger partial charge in [0.25, 0.3) is 5.91 Å². The lowest BCUT2D eigenvalue weighted by atomic mass is 10.0. The first-order chi connectivity index (χ1) is 13.9. The number of anilines is 3. The third-order valence-corrected chi connectivity index (χ3v) is 5.33. The highest BCUT2D eigenvalue weighted by atomic mass is 16.3. The number of aromatic nitrogens is 5. The number of fused-ring (bicyclic) bond motifs is 1. The Kier molecular flexibility index (Phi) is 4.87. The van der Waals surface area contributed by atoms with E-state index in [9.17, 15) is 9.90 Å². The molecule has 0 spiro atoms. The van der Waals surface area contributed by atoms with Crippen molar-refractivity contribution in [3.05, 3.63) is 30.1 Å². The lowest BCUT2D eigenvalue weighted by Crippen LogP contribution is -2.55. The van der Waals surface area contributed by atoms with Crippen molar-refractivity contribution in [2.75, 3.05) is 36.4 Å². The van der Waals surface area contributed by atoms with E-state index in [0.29, 0.717) is 50.2 Å². The van der Waals surface area contributed by atoms with Gasteiger partial charge < -0.3 is 20.2 Å². The molecule has 29 heavy (non-hydrogen) atoms. The number of hydrogen-bond donors (Lipinski definition) is 3. The largest absolute Gasteiger partial charge is 0.380 e. The summed E-state index contributed by atoms with van der Waals surface area (Å²) in [5.41, 5.74) is 0.487. The van der Waals surface area contributed by atoms with Crippen molar-refractivity contribution in [2.24, 2.45) is 0 Å². The summed E-state index contributed by atoms with van der Waals surface area (Å²) in [5, 5.41) is 25.2. The molecule has 1 atom stereocenters. The van der Waals surface area contributed by atoms with Gasteiger partial charge in [-0.2, -0.15) is 10.1 Å². The van der Waals surface area contributed by atoms with Gasteiger partial charge in [0.1, 0.15) is 11.1 Å². The molecular formula is C19H26N8O2. The standard InChI is InChI=1S/C19H26N8O2/c1-4-19(3,29)17(28)25-8-10-26(11-9-25)18-21-16(14-6-5-7-27(14)24-18)20-15-12-13(2)22-23-15/h5-7,12,29H,4,8-11H2,1-3H3,(H2,20,21,22,23,24). The van der Waals surface area contributed by atoms with E-state index in [0.717, 1.165) is 11.2 Å². The number of hydrogen-bond acceptors (Lipinski definition) is 7. The molecule has 0 saturated carbocycles. The Morgan fingerprint density at radius 3 is 2.76 bits per heavy atom. The van der Waals surface area contributed by atoms with Crippen LogP contribution in [0.2, 0.25) is 0 Å². The van der Waals surface area contributed by atoms with Crippen LogP contribution in [0.25, 0.3) is 5.52 Å². The third-order valence-electron chi connectivity index (χ3n) is 5.33. The molecule has 1 amide bonds. The molecule has 0 radical (unpaired) electrons. The van der Waals surface area contributed by atoms with Gasteiger partial charge in [-0.3, -0.25) is 9.89 Å². The number of aryl methyl sites for hydroxylation is 1. The van der Waals surface area contributed by atoms with Gasteiger partial charge >= 0.3 is 0 Å². The van der Waals surface area contributed by atoms with Gasteiger partial charge in [0.2, 0.25) is 5.95 Å². The number of aliphatic hydroxyl groups is 1. The van der Waals surface area contributed by atoms with Crippen LogP contribution in [0.1, 0.15) is 26.0 Å². The first kappa shape index (κ1) is 19.2. The van der Waals surface area contributed by atoms with Crippen molar-refractivity contribution in [1.29, 1.82) is 0 Å². The van der Waals surface area contributed by atoms with Crippen LogP contribution in [0.5, 0.6) is 0 Å². The fourth-order valence-electron chi connectivity index (χ4n) is 3.35. The van der Waals surface area contributed by atoms with Crippen molar-refractivity contribution >= 4 is 29.0 Å². The average molecular weight is 398 g/mol. The zero-order chi connectivity index (χ0) is 20.6. The predicted octanol–water partition coefficient (Wildman–Crippen LogP) is 1.31. The van der Waals surface area contributed by atoms with E-state index < -0.39 is 5.60 Å². The smallest absolute Gasteiger partial charge is 0.254 e. The predicted molar refractivity (Wildman–Crippen MR) is 109 cm³/mol. The number of H-pyrrole nitrogens is 1. The summed E-state index contributed by atoms with van der Waals surface area (Å²) >= 11 is 0. The van der Waals surface area contributed by atoms with Crippen molar-refractivity contribution in [3.63, 3.8) is 0 Å². The molecule has 3 aromatic heterocycles. The molecule has 0 bridgehead atoms. The van der Waals surface area contributed by atoms with Gasteiger partial charge in [-0.25, -0.2) is 4.52 Å². The molecule has 4 rings (SSSR count). The van der Waals surface area contributed by atoms with Crippen LogP contribution in [0.4, 0.5) is 17.6 Å². The van der Waals surface area contributed by atoms with Gasteiger partial charge in [0.05, 0.1) is 0 Å². The second-order valence-electron chi connectivity index (χ2n) is 7.57. The fourth-order valence-corrected chi connectivity index (χ4v) is 3.35. The summed E-state index contributed by atoms with van der Waals surface area (Å²) in [6.07, 6.45) is 2.26. The fraction of sp³-hybridized carbons (Fsp3) is 0.474. The highest BCUT2D eigenvalue weighted by molar-refractivity contribution is 5.84. The number of nitrogens with one attached hydrogen (secondary N) is 2. The average Bonchev–Trinajstić information content (AvgIpc) is 3.36. The Labute approximate surface area is 168 Å². The Balaban J connectivity index is 1.54. The van der Waals surface area contributed by atoms with Crippen LogP contribution in [-0.2, 0) is 4.79 Å². The quantitative estimate of drug-likeness (QED) is 0.594. The van der Waals surface area contributed by atoms with Crippen molar-refractivity contribution in [1.82, 2.24) is 29.7 Å². The topological polar surface area (TPSA) is 115 Å². The zero-order valence-electron chi connectivity index (χ0n) is 16.9. The van der Waals surface area contributed by atoms with E-state index >= 15 is 0 Å². The Morgan fingerprint density at radius 1 is 1.34 bits per heavy atom. The molecule has 10 heteroatoms. The minimum absolute atomic E-state index is 0.224. The molecule has 4 heterocycles. The Morgan fingerprint density at radius 2 is 2.10 bits per heavy atom. The van der Waals surface area contributed by atoms with Gasteiger partial charge in [-0.1, -0.05) is 6.92 Å². The molecule has 3 aromatic rings. The minimum atomic E-state index is -1.32. The maximum Gasteiger partial charge on any atom is 0.254 e. The summed E-state index contributed by atoms with van der Waals surface area (Å²) in [6, 6.07) is 5.76. The summed E-state index contributed by atoms with van der Waals surface area (Å²) in [6.45, 7) is 7.54. The molecular weight excluding hydrogens is 372 g/mol. The van der Waals surface area contributed by atoms with Crippen molar-refractivity contribution < 1.29 is 9.90 Å². The second-order valence-corrected chi connectivity index (χ2v) is 7.57. The van der Waals surface area contributed by atoms with Crippen LogP contribution in [0.3, 0.4) is 0 Å². The molecule has 0 aromatic carbocycles. The summed E-state index contributed by atoms with van der Waals surface area (Å²) in [5.74, 6) is 1.71. The number of aromatic amines is 1. The number of amides is 1. The monoisotopic (exact) mass is 398 g/mol. The number of rotatable bonds is 5. The maximum absolute atomic E-state index is 12.5. The number of piperazine rings is 1. The van der Waals surface area contributed by atoms with Crippen molar-refractivity contribution in [2.45, 2.75) is 32.8 Å². The van der Waals surface area contributed by atoms with Crippen LogP contribution in [-0.4, -0.2) is 72.5 Å². The van der Waals surface area contributed by atoms with E-state index in [1.165, 1.54) is 0 Å². The lowest BCUT2D eigenvalue weighted by molar-refractivity contribution is -0.150.